The minimum atomic E-state index is -0.139. The predicted molar refractivity (Wildman–Crippen MR) is 90.6 cm³/mol. The Bertz CT molecular complexity index is 711. The summed E-state index contributed by atoms with van der Waals surface area (Å²) in [7, 11) is 0. The lowest BCUT2D eigenvalue weighted by Gasteiger charge is -2.37. The smallest absolute Gasteiger partial charge is 0.287 e. The van der Waals surface area contributed by atoms with Gasteiger partial charge in [0.05, 0.1) is 6.10 Å². The number of nitrogens with one attached hydrogen (secondary N) is 1. The van der Waals surface area contributed by atoms with E-state index in [1.54, 1.807) is 0 Å². The lowest BCUT2D eigenvalue weighted by atomic mass is 9.83. The van der Waals surface area contributed by atoms with Gasteiger partial charge in [-0.3, -0.25) is 4.79 Å². The highest BCUT2D eigenvalue weighted by molar-refractivity contribution is 5.96. The number of rotatable bonds is 2. The zero-order valence-electron chi connectivity index (χ0n) is 14.3. The van der Waals surface area contributed by atoms with Crippen molar-refractivity contribution in [2.45, 2.75) is 52.7 Å². The zero-order valence-corrected chi connectivity index (χ0v) is 14.3. The maximum absolute atomic E-state index is 12.5. The molecule has 2 aromatic rings. The summed E-state index contributed by atoms with van der Waals surface area (Å²) in [4.78, 5) is 12.5. The number of aryl methyl sites for hydroxylation is 1. The predicted octanol–water partition coefficient (Wildman–Crippen LogP) is 4.06. The van der Waals surface area contributed by atoms with Crippen LogP contribution in [-0.2, 0) is 4.74 Å². The summed E-state index contributed by atoms with van der Waals surface area (Å²) in [6, 6.07) is 7.88. The van der Waals surface area contributed by atoms with Gasteiger partial charge in [0.2, 0.25) is 0 Å². The van der Waals surface area contributed by atoms with Crippen LogP contribution in [0, 0.1) is 12.3 Å². The molecule has 1 aliphatic heterocycles. The lowest BCUT2D eigenvalue weighted by Crippen LogP contribution is -2.45. The minimum absolute atomic E-state index is 0.0832. The van der Waals surface area contributed by atoms with Gasteiger partial charge in [-0.2, -0.15) is 0 Å². The number of hydrogen-bond acceptors (Lipinski definition) is 3. The summed E-state index contributed by atoms with van der Waals surface area (Å²) in [6.07, 6.45) is 1.85. The Morgan fingerprint density at radius 1 is 1.30 bits per heavy atom. The number of ether oxygens (including phenoxy) is 1. The molecule has 23 heavy (non-hydrogen) atoms. The van der Waals surface area contributed by atoms with E-state index in [1.165, 1.54) is 0 Å². The van der Waals surface area contributed by atoms with E-state index < -0.39 is 0 Å². The molecule has 3 rings (SSSR count). The van der Waals surface area contributed by atoms with Crippen molar-refractivity contribution in [2.24, 2.45) is 5.41 Å². The normalized spacial score (nSPS) is 22.3. The van der Waals surface area contributed by atoms with Crippen LogP contribution in [0.15, 0.2) is 28.7 Å². The van der Waals surface area contributed by atoms with Crippen molar-refractivity contribution in [3.8, 4) is 0 Å². The molecular weight excluding hydrogens is 290 g/mol. The van der Waals surface area contributed by atoms with E-state index in [4.69, 9.17) is 9.15 Å². The Kier molecular flexibility index (Phi) is 4.19. The van der Waals surface area contributed by atoms with E-state index in [2.05, 4.69) is 26.1 Å². The lowest BCUT2D eigenvalue weighted by molar-refractivity contribution is -0.0570. The third-order valence-electron chi connectivity index (χ3n) is 4.55. The minimum Gasteiger partial charge on any atom is -0.451 e. The molecule has 0 radical (unpaired) electrons. The van der Waals surface area contributed by atoms with Crippen molar-refractivity contribution in [1.82, 2.24) is 5.32 Å². The van der Waals surface area contributed by atoms with Crippen LogP contribution in [0.3, 0.4) is 0 Å². The van der Waals surface area contributed by atoms with E-state index in [9.17, 15) is 4.79 Å². The summed E-state index contributed by atoms with van der Waals surface area (Å²) in [5.74, 6) is 0.244. The van der Waals surface area contributed by atoms with Gasteiger partial charge in [-0.1, -0.05) is 39.0 Å². The highest BCUT2D eigenvalue weighted by atomic mass is 16.5. The SMILES string of the molecule is Cc1cccc2cc(C(=O)NC3CCOC(C(C)(C)C)C3)oc12. The first-order chi connectivity index (χ1) is 10.8. The van der Waals surface area contributed by atoms with Crippen LogP contribution in [0.2, 0.25) is 0 Å². The molecule has 124 valence electrons. The van der Waals surface area contributed by atoms with Crippen LogP contribution in [-0.4, -0.2) is 24.7 Å². The van der Waals surface area contributed by atoms with Gasteiger partial charge >= 0.3 is 0 Å². The molecular formula is C19H25NO3. The number of amides is 1. The number of para-hydroxylation sites is 1. The van der Waals surface area contributed by atoms with Crippen molar-refractivity contribution in [3.05, 3.63) is 35.6 Å². The fraction of sp³-hybridized carbons (Fsp3) is 0.526. The molecule has 1 saturated heterocycles. The molecule has 4 heteroatoms. The van der Waals surface area contributed by atoms with Crippen molar-refractivity contribution < 1.29 is 13.9 Å². The summed E-state index contributed by atoms with van der Waals surface area (Å²) in [6.45, 7) is 9.18. The van der Waals surface area contributed by atoms with E-state index >= 15 is 0 Å². The van der Waals surface area contributed by atoms with E-state index in [0.29, 0.717) is 12.4 Å². The largest absolute Gasteiger partial charge is 0.451 e. The van der Waals surface area contributed by atoms with Crippen LogP contribution < -0.4 is 5.32 Å². The molecule has 1 aromatic carbocycles. The number of hydrogen-bond donors (Lipinski definition) is 1. The van der Waals surface area contributed by atoms with Gasteiger partial charge in [-0.05, 0) is 36.8 Å². The van der Waals surface area contributed by atoms with Crippen molar-refractivity contribution in [2.75, 3.05) is 6.61 Å². The molecule has 2 atom stereocenters. The molecule has 0 spiro atoms. The Morgan fingerprint density at radius 3 is 2.78 bits per heavy atom. The Labute approximate surface area is 137 Å². The molecule has 2 heterocycles. The number of benzene rings is 1. The van der Waals surface area contributed by atoms with E-state index in [1.807, 2.05) is 31.2 Å². The van der Waals surface area contributed by atoms with Crippen molar-refractivity contribution >= 4 is 16.9 Å². The monoisotopic (exact) mass is 315 g/mol. The first-order valence-electron chi connectivity index (χ1n) is 8.26. The Balaban J connectivity index is 1.72. The molecule has 0 bridgehead atoms. The van der Waals surface area contributed by atoms with E-state index in [0.717, 1.165) is 29.4 Å². The first-order valence-corrected chi connectivity index (χ1v) is 8.26. The summed E-state index contributed by atoms with van der Waals surface area (Å²) >= 11 is 0. The second kappa shape index (κ2) is 6.00. The van der Waals surface area contributed by atoms with Crippen LogP contribution in [0.4, 0.5) is 0 Å². The first kappa shape index (κ1) is 16.1. The number of furan rings is 1. The fourth-order valence-electron chi connectivity index (χ4n) is 3.11. The molecule has 2 unspecified atom stereocenters. The third kappa shape index (κ3) is 3.42. The molecule has 1 fully saturated rings. The highest BCUT2D eigenvalue weighted by Crippen LogP contribution is 2.30. The number of carbonyl (C=O) groups excluding carboxylic acids is 1. The average molecular weight is 315 g/mol. The van der Waals surface area contributed by atoms with Crippen molar-refractivity contribution in [1.29, 1.82) is 0 Å². The van der Waals surface area contributed by atoms with Gasteiger partial charge in [0, 0.05) is 18.0 Å². The average Bonchev–Trinajstić information content (AvgIpc) is 2.92. The van der Waals surface area contributed by atoms with Crippen molar-refractivity contribution in [3.63, 3.8) is 0 Å². The van der Waals surface area contributed by atoms with Gasteiger partial charge in [0.15, 0.2) is 5.76 Å². The summed E-state index contributed by atoms with van der Waals surface area (Å²) in [5, 5.41) is 4.07. The third-order valence-corrected chi connectivity index (χ3v) is 4.55. The van der Waals surface area contributed by atoms with Gasteiger partial charge in [-0.15, -0.1) is 0 Å². The van der Waals surface area contributed by atoms with Gasteiger partial charge in [0.1, 0.15) is 5.58 Å². The molecule has 0 aliphatic carbocycles. The molecule has 1 aliphatic rings. The Morgan fingerprint density at radius 2 is 2.09 bits per heavy atom. The van der Waals surface area contributed by atoms with Crippen LogP contribution >= 0.6 is 0 Å². The maximum atomic E-state index is 12.5. The molecule has 0 saturated carbocycles. The molecule has 1 aromatic heterocycles. The van der Waals surface area contributed by atoms with Crippen LogP contribution in [0.25, 0.3) is 11.0 Å². The Hall–Kier alpha value is -1.81. The summed E-state index contributed by atoms with van der Waals surface area (Å²) in [5.41, 5.74) is 1.91. The zero-order chi connectivity index (χ0) is 16.6. The second-order valence-corrected chi connectivity index (χ2v) is 7.52. The maximum Gasteiger partial charge on any atom is 0.287 e. The van der Waals surface area contributed by atoms with Crippen LogP contribution in [0.5, 0.6) is 0 Å². The molecule has 1 N–H and O–H groups in total. The number of fused-ring (bicyclic) bond motifs is 1. The standard InChI is InChI=1S/C19H25NO3/c1-12-6-5-7-13-10-15(23-17(12)13)18(21)20-14-8-9-22-16(11-14)19(2,3)4/h5-7,10,14,16H,8-9,11H2,1-4H3,(H,20,21). The molecule has 4 nitrogen and oxygen atoms in total. The highest BCUT2D eigenvalue weighted by Gasteiger charge is 2.32. The fourth-order valence-corrected chi connectivity index (χ4v) is 3.11. The topological polar surface area (TPSA) is 51.5 Å². The van der Waals surface area contributed by atoms with Gasteiger partial charge in [-0.25, -0.2) is 0 Å². The van der Waals surface area contributed by atoms with Gasteiger partial charge < -0.3 is 14.5 Å². The summed E-state index contributed by atoms with van der Waals surface area (Å²) < 4.78 is 11.6. The number of carbonyl (C=O) groups is 1. The van der Waals surface area contributed by atoms with Gasteiger partial charge in [0.25, 0.3) is 5.91 Å². The van der Waals surface area contributed by atoms with Crippen LogP contribution in [0.1, 0.15) is 49.7 Å². The molecule has 1 amide bonds. The second-order valence-electron chi connectivity index (χ2n) is 7.52. The quantitative estimate of drug-likeness (QED) is 0.909. The van der Waals surface area contributed by atoms with E-state index in [-0.39, 0.29) is 23.5 Å².